The monoisotopic (exact) mass is 378 g/mol. The zero-order valence-corrected chi connectivity index (χ0v) is 14.2. The molecule has 0 aromatic heterocycles. The van der Waals surface area contributed by atoms with Crippen LogP contribution in [0.2, 0.25) is 0 Å². The van der Waals surface area contributed by atoms with Gasteiger partial charge in [-0.1, -0.05) is 12.1 Å². The lowest BCUT2D eigenvalue weighted by Gasteiger charge is -2.10. The van der Waals surface area contributed by atoms with E-state index in [1.165, 1.54) is 61.7 Å². The number of alkyl halides is 2. The molecule has 1 N–H and O–H groups in total. The number of aliphatic carboxylic acids is 1. The molecule has 0 aliphatic heterocycles. The second kappa shape index (κ2) is 9.33. The van der Waals surface area contributed by atoms with E-state index in [4.69, 9.17) is 14.6 Å². The molecule has 8 heteroatoms. The van der Waals surface area contributed by atoms with Gasteiger partial charge in [0.15, 0.2) is 23.9 Å². The molecule has 0 saturated carbocycles. The Labute approximate surface area is 153 Å². The number of ketones is 1. The Morgan fingerprint density at radius 2 is 1.81 bits per heavy atom. The molecule has 0 radical (unpaired) electrons. The Balaban J connectivity index is 2.06. The molecule has 0 amide bonds. The van der Waals surface area contributed by atoms with Crippen LogP contribution in [0.25, 0.3) is 6.08 Å². The van der Waals surface area contributed by atoms with E-state index in [0.717, 1.165) is 0 Å². The van der Waals surface area contributed by atoms with Crippen LogP contribution in [-0.4, -0.2) is 37.2 Å². The quantitative estimate of drug-likeness (QED) is 0.530. The lowest BCUT2D eigenvalue weighted by molar-refractivity contribution is -0.139. The zero-order chi connectivity index (χ0) is 19.8. The summed E-state index contributed by atoms with van der Waals surface area (Å²) < 4.78 is 39.0. The van der Waals surface area contributed by atoms with Crippen LogP contribution in [0.4, 0.5) is 8.78 Å². The fourth-order valence-electron chi connectivity index (χ4n) is 2.11. The zero-order valence-electron chi connectivity index (χ0n) is 14.2. The van der Waals surface area contributed by atoms with Crippen LogP contribution in [0.1, 0.15) is 15.9 Å². The van der Waals surface area contributed by atoms with Crippen LogP contribution in [0.15, 0.2) is 48.5 Å². The van der Waals surface area contributed by atoms with Crippen molar-refractivity contribution in [1.29, 1.82) is 0 Å². The Morgan fingerprint density at radius 3 is 2.41 bits per heavy atom. The number of benzene rings is 2. The highest BCUT2D eigenvalue weighted by atomic mass is 19.3. The molecule has 2 aromatic carbocycles. The first-order chi connectivity index (χ1) is 12.9. The molecule has 0 aliphatic rings. The number of methoxy groups -OCH3 is 1. The van der Waals surface area contributed by atoms with Gasteiger partial charge in [-0.2, -0.15) is 8.78 Å². The maximum atomic E-state index is 12.3. The predicted molar refractivity (Wildman–Crippen MR) is 92.6 cm³/mol. The summed E-state index contributed by atoms with van der Waals surface area (Å²) in [6.07, 6.45) is 2.82. The number of halogens is 2. The first-order valence-corrected chi connectivity index (χ1v) is 7.69. The number of ether oxygens (including phenoxy) is 3. The van der Waals surface area contributed by atoms with Crippen LogP contribution in [0.5, 0.6) is 17.2 Å². The number of hydrogen-bond acceptors (Lipinski definition) is 5. The van der Waals surface area contributed by atoms with E-state index in [1.807, 2.05) is 0 Å². The highest BCUT2D eigenvalue weighted by molar-refractivity contribution is 6.06. The van der Waals surface area contributed by atoms with Gasteiger partial charge in [-0.05, 0) is 48.0 Å². The van der Waals surface area contributed by atoms with Crippen LogP contribution in [-0.2, 0) is 4.79 Å². The summed E-state index contributed by atoms with van der Waals surface area (Å²) >= 11 is 0. The first-order valence-electron chi connectivity index (χ1n) is 7.69. The van der Waals surface area contributed by atoms with E-state index in [-0.39, 0.29) is 17.3 Å². The lowest BCUT2D eigenvalue weighted by Crippen LogP contribution is -2.09. The highest BCUT2D eigenvalue weighted by Crippen LogP contribution is 2.29. The highest BCUT2D eigenvalue weighted by Gasteiger charge is 2.10. The number of carboxylic acid groups (broad SMARTS) is 1. The molecular weight excluding hydrogens is 362 g/mol. The summed E-state index contributed by atoms with van der Waals surface area (Å²) in [4.78, 5) is 22.6. The van der Waals surface area contributed by atoms with Crippen molar-refractivity contribution in [2.45, 2.75) is 6.61 Å². The number of carboxylic acids is 1. The van der Waals surface area contributed by atoms with Gasteiger partial charge in [-0.3, -0.25) is 4.79 Å². The third kappa shape index (κ3) is 6.10. The van der Waals surface area contributed by atoms with E-state index in [9.17, 15) is 18.4 Å². The molecule has 27 heavy (non-hydrogen) atoms. The molecule has 0 aliphatic carbocycles. The summed E-state index contributed by atoms with van der Waals surface area (Å²) in [6.45, 7) is -3.44. The van der Waals surface area contributed by atoms with Gasteiger partial charge in [0.2, 0.25) is 0 Å². The number of rotatable bonds is 9. The molecule has 0 bridgehead atoms. The molecular formula is C19H16F2O6. The van der Waals surface area contributed by atoms with Gasteiger partial charge in [0.05, 0.1) is 7.11 Å². The molecule has 0 atom stereocenters. The normalized spacial score (nSPS) is 10.8. The van der Waals surface area contributed by atoms with Gasteiger partial charge in [-0.25, -0.2) is 4.79 Å². The van der Waals surface area contributed by atoms with E-state index in [2.05, 4.69) is 4.74 Å². The van der Waals surface area contributed by atoms with Crippen molar-refractivity contribution < 1.29 is 37.7 Å². The average Bonchev–Trinajstić information content (AvgIpc) is 2.65. The maximum absolute atomic E-state index is 12.3. The molecule has 2 aromatic rings. The van der Waals surface area contributed by atoms with Crippen molar-refractivity contribution in [2.24, 2.45) is 0 Å². The Hall–Kier alpha value is -3.42. The van der Waals surface area contributed by atoms with Gasteiger partial charge in [0.25, 0.3) is 0 Å². The molecule has 6 nitrogen and oxygen atoms in total. The topological polar surface area (TPSA) is 82.1 Å². The van der Waals surface area contributed by atoms with Crippen molar-refractivity contribution in [3.63, 3.8) is 0 Å². The fraction of sp³-hybridized carbons (Fsp3) is 0.158. The van der Waals surface area contributed by atoms with Crippen molar-refractivity contribution in [1.82, 2.24) is 0 Å². The molecule has 0 heterocycles. The Morgan fingerprint density at radius 1 is 1.11 bits per heavy atom. The summed E-state index contributed by atoms with van der Waals surface area (Å²) in [5.41, 5.74) is 0.932. The molecule has 2 rings (SSSR count). The number of carbonyl (C=O) groups is 2. The summed E-state index contributed by atoms with van der Waals surface area (Å²) in [7, 11) is 1.32. The van der Waals surface area contributed by atoms with Crippen molar-refractivity contribution in [3.8, 4) is 17.2 Å². The van der Waals surface area contributed by atoms with Crippen molar-refractivity contribution in [3.05, 3.63) is 59.7 Å². The van der Waals surface area contributed by atoms with Crippen LogP contribution < -0.4 is 14.2 Å². The van der Waals surface area contributed by atoms with Gasteiger partial charge >= 0.3 is 12.6 Å². The fourth-order valence-corrected chi connectivity index (χ4v) is 2.11. The minimum atomic E-state index is -2.97. The second-order valence-electron chi connectivity index (χ2n) is 5.19. The smallest absolute Gasteiger partial charge is 0.387 e. The third-order valence-corrected chi connectivity index (χ3v) is 3.33. The summed E-state index contributed by atoms with van der Waals surface area (Å²) in [6, 6.07) is 10.3. The minimum absolute atomic E-state index is 0.104. The predicted octanol–water partition coefficient (Wildman–Crippen LogP) is 3.66. The number of allylic oxidation sites excluding steroid dienone is 1. The average molecular weight is 378 g/mol. The van der Waals surface area contributed by atoms with Crippen LogP contribution in [0, 0.1) is 0 Å². The standard InChI is InChI=1S/C19H16F2O6/c1-25-17-10-12(3-9-16(17)27-19(20)21)2-8-15(22)13-4-6-14(7-5-13)26-11-18(23)24/h2-10,19H,11H2,1H3,(H,23,24)/b8-2+. The van der Waals surface area contributed by atoms with Crippen LogP contribution >= 0.6 is 0 Å². The van der Waals surface area contributed by atoms with Crippen molar-refractivity contribution in [2.75, 3.05) is 13.7 Å². The first kappa shape index (κ1) is 19.9. The van der Waals surface area contributed by atoms with Gasteiger partial charge in [0.1, 0.15) is 5.75 Å². The summed E-state index contributed by atoms with van der Waals surface area (Å²) in [5.74, 6) is -1.06. The van der Waals surface area contributed by atoms with E-state index in [1.54, 1.807) is 0 Å². The third-order valence-electron chi connectivity index (χ3n) is 3.33. The van der Waals surface area contributed by atoms with E-state index >= 15 is 0 Å². The van der Waals surface area contributed by atoms with Gasteiger partial charge < -0.3 is 19.3 Å². The molecule has 0 unspecified atom stereocenters. The molecule has 142 valence electrons. The maximum Gasteiger partial charge on any atom is 0.387 e. The molecule has 0 fully saturated rings. The number of hydrogen-bond donors (Lipinski definition) is 1. The van der Waals surface area contributed by atoms with Crippen LogP contribution in [0.3, 0.4) is 0 Å². The Bertz CT molecular complexity index is 831. The van der Waals surface area contributed by atoms with E-state index in [0.29, 0.717) is 16.9 Å². The molecule has 0 saturated heterocycles. The molecule has 0 spiro atoms. The largest absolute Gasteiger partial charge is 0.493 e. The van der Waals surface area contributed by atoms with Crippen molar-refractivity contribution >= 4 is 17.8 Å². The lowest BCUT2D eigenvalue weighted by atomic mass is 10.1. The van der Waals surface area contributed by atoms with Gasteiger partial charge in [0, 0.05) is 5.56 Å². The number of carbonyl (C=O) groups excluding carboxylic acids is 1. The van der Waals surface area contributed by atoms with Gasteiger partial charge in [-0.15, -0.1) is 0 Å². The summed E-state index contributed by atoms with van der Waals surface area (Å²) in [5, 5.41) is 8.55. The minimum Gasteiger partial charge on any atom is -0.493 e. The SMILES string of the molecule is COc1cc(/C=C/C(=O)c2ccc(OCC(=O)O)cc2)ccc1OC(F)F. The van der Waals surface area contributed by atoms with E-state index < -0.39 is 19.2 Å². The second-order valence-corrected chi connectivity index (χ2v) is 5.19. The Kier molecular flexibility index (Phi) is 6.87.